The summed E-state index contributed by atoms with van der Waals surface area (Å²) in [4.78, 5) is 24.8. The first kappa shape index (κ1) is 18.4. The van der Waals surface area contributed by atoms with E-state index in [-0.39, 0.29) is 17.7 Å². The monoisotopic (exact) mass is 392 g/mol. The van der Waals surface area contributed by atoms with Crippen molar-refractivity contribution >= 4 is 39.1 Å². The van der Waals surface area contributed by atoms with Crippen LogP contribution < -0.4 is 5.32 Å². The number of hydrogen-bond donors (Lipinski definition) is 1. The van der Waals surface area contributed by atoms with Gasteiger partial charge in [0, 0.05) is 17.1 Å². The highest BCUT2D eigenvalue weighted by atomic mass is 35.5. The van der Waals surface area contributed by atoms with Crippen molar-refractivity contribution in [2.24, 2.45) is 0 Å². The molecule has 2 amide bonds. The number of halogens is 1. The third kappa shape index (κ3) is 3.59. The van der Waals surface area contributed by atoms with E-state index in [1.54, 1.807) is 36.4 Å². The predicted octanol–water partition coefficient (Wildman–Crippen LogP) is 2.97. The minimum atomic E-state index is -4.10. The molecule has 0 bridgehead atoms. The van der Waals surface area contributed by atoms with Crippen LogP contribution in [0.3, 0.4) is 0 Å². The SMILES string of the molecule is Cc1ccc(S(=O)(=O)N2C(=O)CC[C@H]2C(=O)Nc2cccc(Cl)c2)cc1. The molecule has 8 heteroatoms. The summed E-state index contributed by atoms with van der Waals surface area (Å²) in [5, 5.41) is 3.07. The lowest BCUT2D eigenvalue weighted by molar-refractivity contribution is -0.128. The van der Waals surface area contributed by atoms with Crippen LogP contribution in [0, 0.1) is 6.92 Å². The number of sulfonamides is 1. The Hall–Kier alpha value is -2.38. The van der Waals surface area contributed by atoms with Crippen LogP contribution in [-0.2, 0) is 19.6 Å². The fourth-order valence-corrected chi connectivity index (χ4v) is 4.61. The van der Waals surface area contributed by atoms with E-state index in [1.807, 2.05) is 6.92 Å². The second-order valence-corrected chi connectivity index (χ2v) is 8.31. The lowest BCUT2D eigenvalue weighted by atomic mass is 10.2. The minimum Gasteiger partial charge on any atom is -0.324 e. The highest BCUT2D eigenvalue weighted by Crippen LogP contribution is 2.28. The van der Waals surface area contributed by atoms with E-state index >= 15 is 0 Å². The van der Waals surface area contributed by atoms with Crippen molar-refractivity contribution in [1.29, 1.82) is 0 Å². The van der Waals surface area contributed by atoms with E-state index in [1.165, 1.54) is 12.1 Å². The summed E-state index contributed by atoms with van der Waals surface area (Å²) in [5.74, 6) is -1.15. The molecule has 0 spiro atoms. The molecule has 0 saturated carbocycles. The molecule has 0 radical (unpaired) electrons. The smallest absolute Gasteiger partial charge is 0.267 e. The number of nitrogens with one attached hydrogen (secondary N) is 1. The summed E-state index contributed by atoms with van der Waals surface area (Å²) in [6.45, 7) is 1.83. The van der Waals surface area contributed by atoms with Crippen LogP contribution in [0.1, 0.15) is 18.4 Å². The zero-order valence-electron chi connectivity index (χ0n) is 14.0. The number of hydrogen-bond acceptors (Lipinski definition) is 4. The fraction of sp³-hybridized carbons (Fsp3) is 0.222. The number of amides is 2. The zero-order valence-corrected chi connectivity index (χ0v) is 15.5. The lowest BCUT2D eigenvalue weighted by Gasteiger charge is -2.23. The van der Waals surface area contributed by atoms with E-state index in [0.29, 0.717) is 15.0 Å². The Morgan fingerprint density at radius 2 is 1.88 bits per heavy atom. The Balaban J connectivity index is 1.88. The zero-order chi connectivity index (χ0) is 18.9. The van der Waals surface area contributed by atoms with Gasteiger partial charge in [-0.15, -0.1) is 0 Å². The molecule has 1 fully saturated rings. The number of aryl methyl sites for hydroxylation is 1. The predicted molar refractivity (Wildman–Crippen MR) is 98.3 cm³/mol. The van der Waals surface area contributed by atoms with E-state index in [0.717, 1.165) is 5.56 Å². The number of benzene rings is 2. The minimum absolute atomic E-state index is 0.00127. The summed E-state index contributed by atoms with van der Waals surface area (Å²) < 4.78 is 26.5. The van der Waals surface area contributed by atoms with Gasteiger partial charge in [0.1, 0.15) is 6.04 Å². The van der Waals surface area contributed by atoms with Gasteiger partial charge in [0.2, 0.25) is 11.8 Å². The number of carbonyl (C=O) groups excluding carboxylic acids is 2. The van der Waals surface area contributed by atoms with Crippen LogP contribution in [0.4, 0.5) is 5.69 Å². The van der Waals surface area contributed by atoms with Gasteiger partial charge in [-0.1, -0.05) is 35.4 Å². The summed E-state index contributed by atoms with van der Waals surface area (Å²) in [6, 6.07) is 11.6. The number of nitrogens with zero attached hydrogens (tertiary/aromatic N) is 1. The van der Waals surface area contributed by atoms with Gasteiger partial charge in [-0.25, -0.2) is 12.7 Å². The van der Waals surface area contributed by atoms with Crippen molar-refractivity contribution in [3.8, 4) is 0 Å². The maximum Gasteiger partial charge on any atom is 0.267 e. The number of rotatable bonds is 4. The summed E-state index contributed by atoms with van der Waals surface area (Å²) in [6.07, 6.45) is 0.134. The second-order valence-electron chi connectivity index (χ2n) is 6.06. The van der Waals surface area contributed by atoms with Gasteiger partial charge < -0.3 is 5.32 Å². The van der Waals surface area contributed by atoms with Crippen LogP contribution in [0.2, 0.25) is 5.02 Å². The molecule has 136 valence electrons. The Labute approximate surface area is 156 Å². The van der Waals surface area contributed by atoms with Crippen LogP contribution in [-0.4, -0.2) is 30.6 Å². The molecule has 1 aliphatic heterocycles. The third-order valence-electron chi connectivity index (χ3n) is 4.13. The summed E-state index contributed by atoms with van der Waals surface area (Å²) in [7, 11) is -4.10. The van der Waals surface area contributed by atoms with Crippen LogP contribution in [0.5, 0.6) is 0 Å². The molecule has 0 aliphatic carbocycles. The second kappa shape index (κ2) is 7.09. The molecular formula is C18H17ClN2O4S. The number of carbonyl (C=O) groups is 2. The molecule has 1 N–H and O–H groups in total. The summed E-state index contributed by atoms with van der Waals surface area (Å²) in [5.41, 5.74) is 1.33. The molecule has 1 atom stereocenters. The van der Waals surface area contributed by atoms with E-state index in [4.69, 9.17) is 11.6 Å². The quantitative estimate of drug-likeness (QED) is 0.867. The fourth-order valence-electron chi connectivity index (χ4n) is 2.82. The molecule has 6 nitrogen and oxygen atoms in total. The summed E-state index contributed by atoms with van der Waals surface area (Å²) >= 11 is 5.89. The Kier molecular flexibility index (Phi) is 5.02. The normalized spacial score (nSPS) is 17.4. The van der Waals surface area contributed by atoms with Crippen LogP contribution in [0.15, 0.2) is 53.4 Å². The molecule has 2 aromatic carbocycles. The van der Waals surface area contributed by atoms with Gasteiger partial charge in [0.05, 0.1) is 4.90 Å². The highest BCUT2D eigenvalue weighted by molar-refractivity contribution is 7.89. The Morgan fingerprint density at radius 3 is 2.54 bits per heavy atom. The van der Waals surface area contributed by atoms with Crippen molar-refractivity contribution in [3.63, 3.8) is 0 Å². The molecule has 0 aromatic heterocycles. The molecule has 1 saturated heterocycles. The van der Waals surface area contributed by atoms with E-state index in [2.05, 4.69) is 5.32 Å². The van der Waals surface area contributed by atoms with Gasteiger partial charge in [0.15, 0.2) is 0 Å². The third-order valence-corrected chi connectivity index (χ3v) is 6.21. The average Bonchev–Trinajstić information content (AvgIpc) is 2.98. The van der Waals surface area contributed by atoms with E-state index < -0.39 is 27.9 Å². The Bertz CT molecular complexity index is 957. The highest BCUT2D eigenvalue weighted by Gasteiger charge is 2.44. The van der Waals surface area contributed by atoms with Gasteiger partial charge in [0.25, 0.3) is 10.0 Å². The van der Waals surface area contributed by atoms with E-state index in [9.17, 15) is 18.0 Å². The maximum absolute atomic E-state index is 12.9. The molecule has 1 aliphatic rings. The molecule has 26 heavy (non-hydrogen) atoms. The standard InChI is InChI=1S/C18H17ClN2O4S/c1-12-5-7-15(8-6-12)26(24,25)21-16(9-10-17(21)22)18(23)20-14-4-2-3-13(19)11-14/h2-8,11,16H,9-10H2,1H3,(H,20,23)/t16-/m0/s1. The number of anilines is 1. The molecular weight excluding hydrogens is 376 g/mol. The van der Waals surface area contributed by atoms with Crippen LogP contribution in [0.25, 0.3) is 0 Å². The van der Waals surface area contributed by atoms with Crippen molar-refractivity contribution in [1.82, 2.24) is 4.31 Å². The van der Waals surface area contributed by atoms with Crippen molar-refractivity contribution in [3.05, 3.63) is 59.1 Å². The first-order valence-corrected chi connectivity index (χ1v) is 9.81. The van der Waals surface area contributed by atoms with Crippen molar-refractivity contribution in [2.45, 2.75) is 30.7 Å². The van der Waals surface area contributed by atoms with Crippen molar-refractivity contribution in [2.75, 3.05) is 5.32 Å². The molecule has 2 aromatic rings. The topological polar surface area (TPSA) is 83.6 Å². The maximum atomic E-state index is 12.9. The largest absolute Gasteiger partial charge is 0.324 e. The van der Waals surface area contributed by atoms with Gasteiger partial charge in [-0.05, 0) is 43.7 Å². The van der Waals surface area contributed by atoms with Gasteiger partial charge in [-0.3, -0.25) is 9.59 Å². The Morgan fingerprint density at radius 1 is 1.19 bits per heavy atom. The molecule has 0 unspecified atom stereocenters. The first-order valence-electron chi connectivity index (χ1n) is 7.99. The average molecular weight is 393 g/mol. The lowest BCUT2D eigenvalue weighted by Crippen LogP contribution is -2.45. The van der Waals surface area contributed by atoms with Crippen LogP contribution >= 0.6 is 11.6 Å². The molecule has 3 rings (SSSR count). The van der Waals surface area contributed by atoms with Crippen molar-refractivity contribution < 1.29 is 18.0 Å². The van der Waals surface area contributed by atoms with Gasteiger partial charge >= 0.3 is 0 Å². The van der Waals surface area contributed by atoms with Gasteiger partial charge in [-0.2, -0.15) is 0 Å². The molecule has 1 heterocycles. The first-order chi connectivity index (χ1) is 12.3.